The predicted octanol–water partition coefficient (Wildman–Crippen LogP) is 4.72. The number of hydrogen-bond acceptors (Lipinski definition) is 6. The molecule has 0 radical (unpaired) electrons. The average Bonchev–Trinajstić information content (AvgIpc) is 2.78. The van der Waals surface area contributed by atoms with Crippen LogP contribution in [0.4, 0.5) is 5.69 Å². The number of allylic oxidation sites excluding steroid dienone is 1. The van der Waals surface area contributed by atoms with Crippen LogP contribution in [0.25, 0.3) is 6.08 Å². The molecule has 7 nitrogen and oxygen atoms in total. The SMILES string of the molecule is COc1ccc(C(=O)C=Cc2ccc(OC(=O)c3ccc([N+](=O)[O-])cc3)cc2)cc1. The summed E-state index contributed by atoms with van der Waals surface area (Å²) in [7, 11) is 1.56. The van der Waals surface area contributed by atoms with Crippen molar-refractivity contribution in [2.75, 3.05) is 7.11 Å². The zero-order chi connectivity index (χ0) is 21.5. The fourth-order valence-corrected chi connectivity index (χ4v) is 2.56. The summed E-state index contributed by atoms with van der Waals surface area (Å²) in [5.74, 6) is 0.223. The number of hydrogen-bond donors (Lipinski definition) is 0. The highest BCUT2D eigenvalue weighted by molar-refractivity contribution is 6.06. The van der Waals surface area contributed by atoms with E-state index in [4.69, 9.17) is 9.47 Å². The van der Waals surface area contributed by atoms with Gasteiger partial charge in [-0.25, -0.2) is 4.79 Å². The summed E-state index contributed by atoms with van der Waals surface area (Å²) in [5.41, 5.74) is 1.40. The van der Waals surface area contributed by atoms with Gasteiger partial charge in [0.15, 0.2) is 5.78 Å². The first-order valence-electron chi connectivity index (χ1n) is 8.89. The number of nitrogens with zero attached hydrogens (tertiary/aromatic N) is 1. The molecule has 0 aliphatic heterocycles. The number of ether oxygens (including phenoxy) is 2. The van der Waals surface area contributed by atoms with Crippen molar-refractivity contribution in [1.82, 2.24) is 0 Å². The van der Waals surface area contributed by atoms with Gasteiger partial charge in [0.2, 0.25) is 0 Å². The van der Waals surface area contributed by atoms with Crippen LogP contribution in [0.5, 0.6) is 11.5 Å². The molecule has 0 amide bonds. The fourth-order valence-electron chi connectivity index (χ4n) is 2.56. The summed E-state index contributed by atoms with van der Waals surface area (Å²) in [6, 6.07) is 18.6. The van der Waals surface area contributed by atoms with Crippen LogP contribution in [0.3, 0.4) is 0 Å². The lowest BCUT2D eigenvalue weighted by molar-refractivity contribution is -0.384. The van der Waals surface area contributed by atoms with Crippen molar-refractivity contribution in [1.29, 1.82) is 0 Å². The summed E-state index contributed by atoms with van der Waals surface area (Å²) < 4.78 is 10.3. The Balaban J connectivity index is 1.61. The Bertz CT molecular complexity index is 1080. The largest absolute Gasteiger partial charge is 0.497 e. The molecule has 0 saturated heterocycles. The molecule has 3 rings (SSSR count). The van der Waals surface area contributed by atoms with Gasteiger partial charge in [0, 0.05) is 17.7 Å². The molecule has 0 atom stereocenters. The van der Waals surface area contributed by atoms with Crippen molar-refractivity contribution in [3.05, 3.63) is 106 Å². The second-order valence-corrected chi connectivity index (χ2v) is 6.19. The summed E-state index contributed by atoms with van der Waals surface area (Å²) >= 11 is 0. The number of esters is 1. The molecule has 0 heterocycles. The van der Waals surface area contributed by atoms with Crippen LogP contribution in [0.15, 0.2) is 78.9 Å². The van der Waals surface area contributed by atoms with E-state index in [0.29, 0.717) is 17.1 Å². The topological polar surface area (TPSA) is 95.7 Å². The van der Waals surface area contributed by atoms with E-state index >= 15 is 0 Å². The number of non-ortho nitro benzene ring substituents is 1. The van der Waals surface area contributed by atoms with Crippen LogP contribution < -0.4 is 9.47 Å². The quantitative estimate of drug-likeness (QED) is 0.141. The first kappa shape index (κ1) is 20.5. The molecular formula is C23H17NO6. The average molecular weight is 403 g/mol. The van der Waals surface area contributed by atoms with Gasteiger partial charge in [-0.1, -0.05) is 18.2 Å². The van der Waals surface area contributed by atoms with Crippen LogP contribution in [0.2, 0.25) is 0 Å². The fraction of sp³-hybridized carbons (Fsp3) is 0.0435. The molecule has 0 N–H and O–H groups in total. The lowest BCUT2D eigenvalue weighted by Gasteiger charge is -2.04. The molecule has 0 aliphatic carbocycles. The van der Waals surface area contributed by atoms with Gasteiger partial charge in [-0.3, -0.25) is 14.9 Å². The van der Waals surface area contributed by atoms with E-state index in [1.165, 1.54) is 30.3 Å². The maximum absolute atomic E-state index is 12.2. The number of rotatable bonds is 7. The third-order valence-corrected chi connectivity index (χ3v) is 4.21. The molecule has 30 heavy (non-hydrogen) atoms. The van der Waals surface area contributed by atoms with Crippen LogP contribution in [0, 0.1) is 10.1 Å². The van der Waals surface area contributed by atoms with E-state index in [9.17, 15) is 19.7 Å². The van der Waals surface area contributed by atoms with Crippen molar-refractivity contribution in [2.24, 2.45) is 0 Å². The molecule has 0 bridgehead atoms. The van der Waals surface area contributed by atoms with Crippen molar-refractivity contribution >= 4 is 23.5 Å². The third-order valence-electron chi connectivity index (χ3n) is 4.21. The van der Waals surface area contributed by atoms with Crippen molar-refractivity contribution < 1.29 is 24.0 Å². The van der Waals surface area contributed by atoms with E-state index in [-0.39, 0.29) is 17.0 Å². The number of carbonyl (C=O) groups excluding carboxylic acids is 2. The number of ketones is 1. The molecule has 3 aromatic rings. The minimum atomic E-state index is -0.622. The Hall–Kier alpha value is -4.26. The Labute approximate surface area is 172 Å². The minimum Gasteiger partial charge on any atom is -0.497 e. The summed E-state index contributed by atoms with van der Waals surface area (Å²) in [4.78, 5) is 34.5. The number of methoxy groups -OCH3 is 1. The van der Waals surface area contributed by atoms with E-state index in [1.807, 2.05) is 0 Å². The maximum Gasteiger partial charge on any atom is 0.343 e. The molecule has 0 unspecified atom stereocenters. The highest BCUT2D eigenvalue weighted by Gasteiger charge is 2.11. The minimum absolute atomic E-state index is 0.105. The Morgan fingerprint density at radius 2 is 1.40 bits per heavy atom. The number of nitro groups is 1. The zero-order valence-corrected chi connectivity index (χ0v) is 16.0. The van der Waals surface area contributed by atoms with Crippen LogP contribution in [0.1, 0.15) is 26.3 Å². The van der Waals surface area contributed by atoms with Crippen molar-refractivity contribution in [3.8, 4) is 11.5 Å². The molecule has 7 heteroatoms. The molecule has 0 fully saturated rings. The monoisotopic (exact) mass is 403 g/mol. The first-order valence-corrected chi connectivity index (χ1v) is 8.89. The van der Waals surface area contributed by atoms with E-state index in [1.54, 1.807) is 61.7 Å². The summed E-state index contributed by atoms with van der Waals surface area (Å²) in [6.45, 7) is 0. The van der Waals surface area contributed by atoms with E-state index in [0.717, 1.165) is 5.56 Å². The third kappa shape index (κ3) is 5.17. The molecule has 0 spiro atoms. The van der Waals surface area contributed by atoms with Gasteiger partial charge in [-0.2, -0.15) is 0 Å². The van der Waals surface area contributed by atoms with Gasteiger partial charge in [-0.05, 0) is 60.2 Å². The van der Waals surface area contributed by atoms with Crippen LogP contribution >= 0.6 is 0 Å². The lowest BCUT2D eigenvalue weighted by Crippen LogP contribution is -2.08. The molecule has 0 saturated carbocycles. The Morgan fingerprint density at radius 3 is 1.97 bits per heavy atom. The van der Waals surface area contributed by atoms with Gasteiger partial charge in [-0.15, -0.1) is 0 Å². The Kier molecular flexibility index (Phi) is 6.34. The maximum atomic E-state index is 12.2. The number of carbonyl (C=O) groups is 2. The van der Waals surface area contributed by atoms with Crippen LogP contribution in [-0.4, -0.2) is 23.8 Å². The molecule has 150 valence electrons. The van der Waals surface area contributed by atoms with Gasteiger partial charge >= 0.3 is 5.97 Å². The smallest absolute Gasteiger partial charge is 0.343 e. The van der Waals surface area contributed by atoms with Gasteiger partial charge in [0.25, 0.3) is 5.69 Å². The van der Waals surface area contributed by atoms with E-state index < -0.39 is 10.9 Å². The van der Waals surface area contributed by atoms with Gasteiger partial charge in [0.05, 0.1) is 17.6 Å². The van der Waals surface area contributed by atoms with Gasteiger partial charge in [0.1, 0.15) is 11.5 Å². The Morgan fingerprint density at radius 1 is 0.833 bits per heavy atom. The molecular weight excluding hydrogens is 386 g/mol. The highest BCUT2D eigenvalue weighted by Crippen LogP contribution is 2.18. The van der Waals surface area contributed by atoms with Gasteiger partial charge < -0.3 is 9.47 Å². The van der Waals surface area contributed by atoms with Crippen LogP contribution in [-0.2, 0) is 0 Å². The normalized spacial score (nSPS) is 10.6. The number of nitro benzene ring substituents is 1. The standard InChI is InChI=1S/C23H17NO6/c1-29-20-13-7-17(8-14-20)22(25)15-4-16-2-11-21(12-3-16)30-23(26)18-5-9-19(10-6-18)24(27)28/h2-15H,1H3. The van der Waals surface area contributed by atoms with E-state index in [2.05, 4.69) is 0 Å². The van der Waals surface area contributed by atoms with Crippen molar-refractivity contribution in [3.63, 3.8) is 0 Å². The first-order chi connectivity index (χ1) is 14.5. The second kappa shape index (κ2) is 9.29. The highest BCUT2D eigenvalue weighted by atomic mass is 16.6. The lowest BCUT2D eigenvalue weighted by atomic mass is 10.1. The summed E-state index contributed by atoms with van der Waals surface area (Å²) in [6.07, 6.45) is 3.12. The second-order valence-electron chi connectivity index (χ2n) is 6.19. The molecule has 3 aromatic carbocycles. The number of benzene rings is 3. The molecule has 0 aliphatic rings. The van der Waals surface area contributed by atoms with Crippen molar-refractivity contribution in [2.45, 2.75) is 0 Å². The zero-order valence-electron chi connectivity index (χ0n) is 16.0. The predicted molar refractivity (Wildman–Crippen MR) is 111 cm³/mol. The molecule has 0 aromatic heterocycles. The summed E-state index contributed by atoms with van der Waals surface area (Å²) in [5, 5.41) is 10.7.